The lowest BCUT2D eigenvalue weighted by Crippen LogP contribution is -2.33. The number of hydrogen-bond acceptors (Lipinski definition) is 4. The van der Waals surface area contributed by atoms with E-state index in [2.05, 4.69) is 9.89 Å². The fourth-order valence-electron chi connectivity index (χ4n) is 2.91. The lowest BCUT2D eigenvalue weighted by Gasteiger charge is -2.26. The monoisotopic (exact) mass is 393 g/mol. The van der Waals surface area contributed by atoms with Gasteiger partial charge in [0, 0.05) is 30.6 Å². The Balaban J connectivity index is 0.00000261. The van der Waals surface area contributed by atoms with Gasteiger partial charge in [0.25, 0.3) is 0 Å². The highest BCUT2D eigenvalue weighted by atomic mass is 32.2. The lowest BCUT2D eigenvalue weighted by molar-refractivity contribution is -0.137. The van der Waals surface area contributed by atoms with Crippen LogP contribution in [-0.2, 0) is 6.18 Å². The normalized spacial score (nSPS) is 14.4. The summed E-state index contributed by atoms with van der Waals surface area (Å²) in [6, 6.07) is 10.8. The van der Waals surface area contributed by atoms with Crippen LogP contribution in [0, 0.1) is 5.41 Å². The minimum absolute atomic E-state index is 0. The molecule has 1 aliphatic rings. The van der Waals surface area contributed by atoms with Gasteiger partial charge in [-0.1, -0.05) is 37.4 Å². The van der Waals surface area contributed by atoms with Gasteiger partial charge < -0.3 is 10.3 Å². The van der Waals surface area contributed by atoms with Gasteiger partial charge in [-0.15, -0.1) is 0 Å². The molecule has 1 aliphatic heterocycles. The fraction of sp³-hybridized carbons (Fsp3) is 0.300. The zero-order valence-corrected chi connectivity index (χ0v) is 15.0. The summed E-state index contributed by atoms with van der Waals surface area (Å²) in [7, 11) is 1.99. The molecular weight excluding hydrogens is 371 g/mol. The van der Waals surface area contributed by atoms with E-state index in [1.807, 2.05) is 25.2 Å². The maximum absolute atomic E-state index is 12.7. The third kappa shape index (κ3) is 4.71. The van der Waals surface area contributed by atoms with Gasteiger partial charge in [-0.05, 0) is 41.8 Å². The number of aliphatic imine (C=N–C) groups is 1. The van der Waals surface area contributed by atoms with Crippen LogP contribution in [0.5, 0.6) is 0 Å². The molecule has 27 heavy (non-hydrogen) atoms. The first-order chi connectivity index (χ1) is 12.4. The molecule has 2 aromatic carbocycles. The molecule has 3 rings (SSSR count). The Bertz CT molecular complexity index is 829. The molecule has 1 heterocycles. The van der Waals surface area contributed by atoms with Crippen LogP contribution in [0.1, 0.15) is 25.0 Å². The zero-order valence-electron chi connectivity index (χ0n) is 14.2. The standard InChI is InChI=1S/C19H18F3N3S.CH4/c1-25-10-2-9-24-18(25)16-8-5-14(11-17(16)26-12-23)13-3-6-15(7-4-13)19(20,21)22;/h3-8,11-12,23H,2,9-10H2,1H3;1H4. The van der Waals surface area contributed by atoms with E-state index >= 15 is 0 Å². The summed E-state index contributed by atoms with van der Waals surface area (Å²) in [4.78, 5) is 7.55. The lowest BCUT2D eigenvalue weighted by atomic mass is 10.0. The first-order valence-electron chi connectivity index (χ1n) is 8.13. The summed E-state index contributed by atoms with van der Waals surface area (Å²) in [5.41, 5.74) is 3.04. The minimum Gasteiger partial charge on any atom is -0.359 e. The van der Waals surface area contributed by atoms with Gasteiger partial charge >= 0.3 is 6.18 Å². The minimum atomic E-state index is -4.34. The highest BCUT2D eigenvalue weighted by molar-refractivity contribution is 8.12. The van der Waals surface area contributed by atoms with Crippen molar-refractivity contribution in [3.63, 3.8) is 0 Å². The number of nitrogens with one attached hydrogen (secondary N) is 1. The predicted octanol–water partition coefficient (Wildman–Crippen LogP) is 5.79. The van der Waals surface area contributed by atoms with Crippen LogP contribution in [0.3, 0.4) is 0 Å². The molecular formula is C20H22F3N3S. The van der Waals surface area contributed by atoms with Crippen molar-refractivity contribution < 1.29 is 13.2 Å². The predicted molar refractivity (Wildman–Crippen MR) is 107 cm³/mol. The number of thioether (sulfide) groups is 1. The Hall–Kier alpha value is -2.28. The summed E-state index contributed by atoms with van der Waals surface area (Å²) in [5.74, 6) is 0.888. The first-order valence-corrected chi connectivity index (χ1v) is 9.01. The molecule has 7 heteroatoms. The molecule has 0 bridgehead atoms. The molecule has 0 aliphatic carbocycles. The van der Waals surface area contributed by atoms with Crippen LogP contribution < -0.4 is 0 Å². The van der Waals surface area contributed by atoms with Gasteiger partial charge in [-0.25, -0.2) is 0 Å². The SMILES string of the molecule is C.CN1CCCN=C1c1ccc(-c2ccc(C(F)(F)F)cc2)cc1SC=N. The largest absolute Gasteiger partial charge is 0.416 e. The molecule has 0 saturated carbocycles. The quantitative estimate of drug-likeness (QED) is 0.406. The molecule has 3 nitrogen and oxygen atoms in total. The molecule has 0 saturated heterocycles. The van der Waals surface area contributed by atoms with E-state index in [-0.39, 0.29) is 7.43 Å². The van der Waals surface area contributed by atoms with Crippen molar-refractivity contribution in [2.45, 2.75) is 24.9 Å². The van der Waals surface area contributed by atoms with E-state index in [1.165, 1.54) is 29.4 Å². The highest BCUT2D eigenvalue weighted by Gasteiger charge is 2.30. The molecule has 0 aromatic heterocycles. The van der Waals surface area contributed by atoms with Gasteiger partial charge in [0.2, 0.25) is 0 Å². The van der Waals surface area contributed by atoms with Crippen LogP contribution >= 0.6 is 11.8 Å². The second-order valence-electron chi connectivity index (χ2n) is 6.00. The second-order valence-corrected chi connectivity index (χ2v) is 6.91. The summed E-state index contributed by atoms with van der Waals surface area (Å²) < 4.78 is 38.2. The van der Waals surface area contributed by atoms with E-state index < -0.39 is 11.7 Å². The Morgan fingerprint density at radius 1 is 1.11 bits per heavy atom. The summed E-state index contributed by atoms with van der Waals surface area (Å²) >= 11 is 1.27. The maximum atomic E-state index is 12.7. The molecule has 0 radical (unpaired) electrons. The number of alkyl halides is 3. The Labute approximate surface area is 161 Å². The molecule has 0 spiro atoms. The molecule has 0 fully saturated rings. The van der Waals surface area contributed by atoms with Crippen LogP contribution in [0.2, 0.25) is 0 Å². The number of benzene rings is 2. The van der Waals surface area contributed by atoms with Crippen molar-refractivity contribution in [1.29, 1.82) is 5.41 Å². The van der Waals surface area contributed by atoms with E-state index in [9.17, 15) is 13.2 Å². The average molecular weight is 393 g/mol. The van der Waals surface area contributed by atoms with E-state index in [0.717, 1.165) is 53.5 Å². The van der Waals surface area contributed by atoms with Crippen molar-refractivity contribution >= 4 is 23.1 Å². The van der Waals surface area contributed by atoms with Crippen molar-refractivity contribution in [2.24, 2.45) is 4.99 Å². The summed E-state index contributed by atoms with van der Waals surface area (Å²) in [6.07, 6.45) is -3.33. The second kappa shape index (κ2) is 8.61. The van der Waals surface area contributed by atoms with Crippen LogP contribution in [0.25, 0.3) is 11.1 Å². The van der Waals surface area contributed by atoms with E-state index in [1.54, 1.807) is 0 Å². The Morgan fingerprint density at radius 3 is 2.37 bits per heavy atom. The Kier molecular flexibility index (Phi) is 6.70. The van der Waals surface area contributed by atoms with Gasteiger partial charge in [0.1, 0.15) is 5.84 Å². The van der Waals surface area contributed by atoms with Gasteiger partial charge in [-0.3, -0.25) is 4.99 Å². The van der Waals surface area contributed by atoms with Gasteiger partial charge in [0.15, 0.2) is 0 Å². The number of hydrogen-bond donors (Lipinski definition) is 1. The van der Waals surface area contributed by atoms with Gasteiger partial charge in [0.05, 0.1) is 11.1 Å². The summed E-state index contributed by atoms with van der Waals surface area (Å²) in [5, 5.41) is 7.43. The molecule has 1 N–H and O–H groups in total. The number of rotatable bonds is 4. The third-order valence-electron chi connectivity index (χ3n) is 4.23. The summed E-state index contributed by atoms with van der Waals surface area (Å²) in [6.45, 7) is 1.70. The molecule has 144 valence electrons. The van der Waals surface area contributed by atoms with E-state index in [4.69, 9.17) is 5.41 Å². The molecule has 0 atom stereocenters. The fourth-order valence-corrected chi connectivity index (χ4v) is 3.52. The molecule has 0 unspecified atom stereocenters. The van der Waals surface area contributed by atoms with E-state index in [0.29, 0.717) is 5.56 Å². The Morgan fingerprint density at radius 2 is 1.78 bits per heavy atom. The topological polar surface area (TPSA) is 39.5 Å². The maximum Gasteiger partial charge on any atom is 0.416 e. The third-order valence-corrected chi connectivity index (χ3v) is 4.94. The average Bonchev–Trinajstić information content (AvgIpc) is 2.62. The van der Waals surface area contributed by atoms with Crippen LogP contribution in [0.15, 0.2) is 52.4 Å². The van der Waals surface area contributed by atoms with Crippen molar-refractivity contribution in [3.05, 3.63) is 53.6 Å². The smallest absolute Gasteiger partial charge is 0.359 e. The van der Waals surface area contributed by atoms with Crippen molar-refractivity contribution in [2.75, 3.05) is 20.1 Å². The van der Waals surface area contributed by atoms with Crippen LogP contribution in [-0.4, -0.2) is 36.4 Å². The van der Waals surface area contributed by atoms with Gasteiger partial charge in [-0.2, -0.15) is 13.2 Å². The number of nitrogens with zero attached hydrogens (tertiary/aromatic N) is 2. The van der Waals surface area contributed by atoms with Crippen molar-refractivity contribution in [1.82, 2.24) is 4.90 Å². The zero-order chi connectivity index (χ0) is 18.7. The number of amidine groups is 1. The first kappa shape index (κ1) is 21.0. The molecule has 2 aromatic rings. The molecule has 0 amide bonds. The van der Waals surface area contributed by atoms with Crippen molar-refractivity contribution in [3.8, 4) is 11.1 Å². The highest BCUT2D eigenvalue weighted by Crippen LogP contribution is 2.33. The van der Waals surface area contributed by atoms with Crippen LogP contribution in [0.4, 0.5) is 13.2 Å². The number of halogens is 3.